The summed E-state index contributed by atoms with van der Waals surface area (Å²) in [7, 11) is 0. The molecular weight excluding hydrogens is 182 g/mol. The number of hydrogen-bond donors (Lipinski definition) is 1. The highest BCUT2D eigenvalue weighted by Crippen LogP contribution is 2.26. The average molecular weight is 195 g/mol. The molecule has 0 spiro atoms. The second-order valence-corrected chi connectivity index (χ2v) is 3.08. The molecule has 0 atom stereocenters. The van der Waals surface area contributed by atoms with Crippen LogP contribution in [0.5, 0.6) is 5.75 Å². The zero-order valence-corrected chi connectivity index (χ0v) is 8.46. The molecule has 2 N–H and O–H groups in total. The summed E-state index contributed by atoms with van der Waals surface area (Å²) >= 11 is 0. The van der Waals surface area contributed by atoms with Gasteiger partial charge < -0.3 is 5.73 Å². The fraction of sp³-hybridized carbons (Fsp3) is 0.300. The van der Waals surface area contributed by atoms with Crippen molar-refractivity contribution in [3.8, 4) is 5.75 Å². The molecular formula is C10H13NO3. The molecule has 0 aromatic heterocycles. The average Bonchev–Trinajstić information content (AvgIpc) is 2.13. The predicted molar refractivity (Wildman–Crippen MR) is 52.7 cm³/mol. The molecule has 0 saturated heterocycles. The number of nitrogen functional groups attached to an aromatic ring is 1. The van der Waals surface area contributed by atoms with Crippen molar-refractivity contribution in [1.29, 1.82) is 0 Å². The topological polar surface area (TPSA) is 61.5 Å². The molecule has 0 saturated carbocycles. The molecule has 0 amide bonds. The van der Waals surface area contributed by atoms with Gasteiger partial charge in [-0.3, -0.25) is 9.78 Å². The Hall–Kier alpha value is -1.71. The summed E-state index contributed by atoms with van der Waals surface area (Å²) in [6, 6.07) is 3.52. The minimum Gasteiger partial charge on any atom is -0.398 e. The number of carbonyl (C=O) groups is 1. The van der Waals surface area contributed by atoms with Crippen LogP contribution in [0.4, 0.5) is 5.69 Å². The molecule has 76 valence electrons. The van der Waals surface area contributed by atoms with Gasteiger partial charge in [-0.2, -0.15) is 0 Å². The molecule has 0 aliphatic carbocycles. The van der Waals surface area contributed by atoms with Crippen molar-refractivity contribution in [1.82, 2.24) is 0 Å². The third-order valence-corrected chi connectivity index (χ3v) is 1.93. The van der Waals surface area contributed by atoms with Crippen LogP contribution in [0.15, 0.2) is 12.1 Å². The summed E-state index contributed by atoms with van der Waals surface area (Å²) in [6.45, 7) is 4.98. The molecule has 4 heteroatoms. The van der Waals surface area contributed by atoms with E-state index in [1.54, 1.807) is 19.1 Å². The van der Waals surface area contributed by atoms with Crippen LogP contribution in [0.2, 0.25) is 0 Å². The lowest BCUT2D eigenvalue weighted by molar-refractivity contribution is -0.211. The molecule has 0 aliphatic rings. The number of anilines is 1. The van der Waals surface area contributed by atoms with Crippen molar-refractivity contribution in [3.05, 3.63) is 23.3 Å². The second-order valence-electron chi connectivity index (χ2n) is 3.08. The van der Waals surface area contributed by atoms with E-state index in [4.69, 9.17) is 10.6 Å². The molecule has 4 nitrogen and oxygen atoms in total. The van der Waals surface area contributed by atoms with Crippen LogP contribution >= 0.6 is 0 Å². The SMILES string of the molecule is CC(=O)OOc1ccc(C)c(N)c1C. The fourth-order valence-electron chi connectivity index (χ4n) is 1.04. The Morgan fingerprint density at radius 2 is 2.00 bits per heavy atom. The van der Waals surface area contributed by atoms with Crippen molar-refractivity contribution in [2.75, 3.05) is 5.73 Å². The quantitative estimate of drug-likeness (QED) is 0.443. The maximum Gasteiger partial charge on any atom is 0.352 e. The van der Waals surface area contributed by atoms with Crippen LogP contribution in [0.25, 0.3) is 0 Å². The van der Waals surface area contributed by atoms with E-state index < -0.39 is 5.97 Å². The number of carbonyl (C=O) groups excluding carboxylic acids is 1. The Labute approximate surface area is 82.5 Å². The van der Waals surface area contributed by atoms with Crippen LogP contribution in [-0.4, -0.2) is 5.97 Å². The summed E-state index contributed by atoms with van der Waals surface area (Å²) in [5.41, 5.74) is 8.16. The Morgan fingerprint density at radius 1 is 1.36 bits per heavy atom. The fourth-order valence-corrected chi connectivity index (χ4v) is 1.04. The first kappa shape index (κ1) is 10.4. The summed E-state index contributed by atoms with van der Waals surface area (Å²) < 4.78 is 0. The minimum absolute atomic E-state index is 0.461. The van der Waals surface area contributed by atoms with Crippen LogP contribution in [0, 0.1) is 13.8 Å². The van der Waals surface area contributed by atoms with Crippen LogP contribution in [-0.2, 0) is 9.68 Å². The summed E-state index contributed by atoms with van der Waals surface area (Å²) in [5.74, 6) is -0.0353. The summed E-state index contributed by atoms with van der Waals surface area (Å²) in [4.78, 5) is 19.7. The van der Waals surface area contributed by atoms with Gasteiger partial charge >= 0.3 is 5.97 Å². The number of nitrogens with two attached hydrogens (primary N) is 1. The highest BCUT2D eigenvalue weighted by atomic mass is 17.2. The first-order valence-corrected chi connectivity index (χ1v) is 4.23. The largest absolute Gasteiger partial charge is 0.398 e. The lowest BCUT2D eigenvalue weighted by Crippen LogP contribution is -2.05. The van der Waals surface area contributed by atoms with Crippen molar-refractivity contribution in [3.63, 3.8) is 0 Å². The van der Waals surface area contributed by atoms with E-state index in [2.05, 4.69) is 4.89 Å². The van der Waals surface area contributed by atoms with E-state index in [0.717, 1.165) is 11.1 Å². The van der Waals surface area contributed by atoms with E-state index >= 15 is 0 Å². The molecule has 0 unspecified atom stereocenters. The van der Waals surface area contributed by atoms with Gasteiger partial charge in [0.1, 0.15) is 0 Å². The van der Waals surface area contributed by atoms with Gasteiger partial charge in [-0.15, -0.1) is 0 Å². The minimum atomic E-state index is -0.497. The zero-order chi connectivity index (χ0) is 10.7. The van der Waals surface area contributed by atoms with Crippen LogP contribution in [0.1, 0.15) is 18.1 Å². The molecule has 0 bridgehead atoms. The lowest BCUT2D eigenvalue weighted by Gasteiger charge is -2.09. The third kappa shape index (κ3) is 2.16. The van der Waals surface area contributed by atoms with Gasteiger partial charge in [0.25, 0.3) is 0 Å². The Kier molecular flexibility index (Phi) is 2.96. The van der Waals surface area contributed by atoms with Gasteiger partial charge in [-0.1, -0.05) is 6.07 Å². The first-order chi connectivity index (χ1) is 6.52. The van der Waals surface area contributed by atoms with Gasteiger partial charge in [-0.05, 0) is 25.5 Å². The van der Waals surface area contributed by atoms with Crippen molar-refractivity contribution >= 4 is 11.7 Å². The Bertz CT molecular complexity index is 361. The maximum atomic E-state index is 10.5. The number of rotatable bonds is 2. The number of aryl methyl sites for hydroxylation is 1. The molecule has 0 aliphatic heterocycles. The molecule has 0 radical (unpaired) electrons. The van der Waals surface area contributed by atoms with Gasteiger partial charge in [0, 0.05) is 18.2 Å². The summed E-state index contributed by atoms with van der Waals surface area (Å²) in [6.07, 6.45) is 0. The third-order valence-electron chi connectivity index (χ3n) is 1.93. The molecule has 1 aromatic rings. The smallest absolute Gasteiger partial charge is 0.352 e. The van der Waals surface area contributed by atoms with Gasteiger partial charge in [-0.25, -0.2) is 4.79 Å². The molecule has 1 rings (SSSR count). The second kappa shape index (κ2) is 4.00. The normalized spacial score (nSPS) is 9.64. The monoisotopic (exact) mass is 195 g/mol. The van der Waals surface area contributed by atoms with Gasteiger partial charge in [0.05, 0.1) is 0 Å². The van der Waals surface area contributed by atoms with E-state index in [0.29, 0.717) is 11.4 Å². The van der Waals surface area contributed by atoms with Gasteiger partial charge in [0.2, 0.25) is 0 Å². The lowest BCUT2D eigenvalue weighted by atomic mass is 10.1. The first-order valence-electron chi connectivity index (χ1n) is 4.23. The highest BCUT2D eigenvalue weighted by molar-refractivity contribution is 5.65. The Morgan fingerprint density at radius 3 is 2.57 bits per heavy atom. The molecule has 0 fully saturated rings. The molecule has 1 aromatic carbocycles. The standard InChI is InChI=1S/C10H13NO3/c1-6-4-5-9(7(2)10(6)11)14-13-8(3)12/h4-5H,11H2,1-3H3. The van der Waals surface area contributed by atoms with E-state index in [1.807, 2.05) is 6.92 Å². The molecule has 0 heterocycles. The maximum absolute atomic E-state index is 10.5. The van der Waals surface area contributed by atoms with E-state index in [1.165, 1.54) is 6.92 Å². The number of benzene rings is 1. The summed E-state index contributed by atoms with van der Waals surface area (Å²) in [5, 5.41) is 0. The highest BCUT2D eigenvalue weighted by Gasteiger charge is 2.07. The van der Waals surface area contributed by atoms with Crippen molar-refractivity contribution < 1.29 is 14.6 Å². The Balaban J connectivity index is 2.88. The van der Waals surface area contributed by atoms with Crippen molar-refractivity contribution in [2.45, 2.75) is 20.8 Å². The molecule has 14 heavy (non-hydrogen) atoms. The zero-order valence-electron chi connectivity index (χ0n) is 8.46. The van der Waals surface area contributed by atoms with Crippen LogP contribution < -0.4 is 10.6 Å². The predicted octanol–water partition coefficient (Wildman–Crippen LogP) is 1.74. The van der Waals surface area contributed by atoms with E-state index in [9.17, 15) is 4.79 Å². The van der Waals surface area contributed by atoms with Gasteiger partial charge in [0.15, 0.2) is 5.75 Å². The van der Waals surface area contributed by atoms with E-state index in [-0.39, 0.29) is 0 Å². The van der Waals surface area contributed by atoms with Crippen molar-refractivity contribution in [2.24, 2.45) is 0 Å². The van der Waals surface area contributed by atoms with Crippen LogP contribution in [0.3, 0.4) is 0 Å². The number of hydrogen-bond acceptors (Lipinski definition) is 4.